The van der Waals surface area contributed by atoms with Crippen molar-refractivity contribution in [3.8, 4) is 0 Å². The molecular weight excluding hydrogens is 398 g/mol. The maximum absolute atomic E-state index is 12.8. The van der Waals surface area contributed by atoms with Crippen LogP contribution in [0.5, 0.6) is 0 Å². The first-order valence-electron chi connectivity index (χ1n) is 11.0. The van der Waals surface area contributed by atoms with Gasteiger partial charge in [-0.15, -0.1) is 0 Å². The number of rotatable bonds is 10. The van der Waals surface area contributed by atoms with E-state index in [1.54, 1.807) is 11.8 Å². The van der Waals surface area contributed by atoms with Crippen molar-refractivity contribution in [2.24, 2.45) is 5.92 Å². The molecule has 3 atom stereocenters. The zero-order valence-corrected chi connectivity index (χ0v) is 18.2. The number of unbranched alkanes of at least 4 members (excludes halogenated alkanes) is 2. The molecule has 0 saturated carbocycles. The molecule has 0 spiro atoms. The van der Waals surface area contributed by atoms with E-state index in [1.807, 2.05) is 31.2 Å². The number of urea groups is 1. The molecule has 31 heavy (non-hydrogen) atoms. The van der Waals surface area contributed by atoms with Crippen molar-refractivity contribution in [1.29, 1.82) is 0 Å². The second-order valence-corrected chi connectivity index (χ2v) is 8.47. The summed E-state index contributed by atoms with van der Waals surface area (Å²) in [6.45, 7) is 4.49. The fraction of sp³-hybridized carbons (Fsp3) is 0.565. The van der Waals surface area contributed by atoms with Crippen molar-refractivity contribution in [2.45, 2.75) is 71.0 Å². The van der Waals surface area contributed by atoms with Gasteiger partial charge in [0.1, 0.15) is 12.1 Å². The van der Waals surface area contributed by atoms with Gasteiger partial charge in [0.05, 0.1) is 0 Å². The monoisotopic (exact) mass is 429 g/mol. The molecule has 3 unspecified atom stereocenters. The van der Waals surface area contributed by atoms with Gasteiger partial charge in [-0.3, -0.25) is 14.5 Å². The summed E-state index contributed by atoms with van der Waals surface area (Å²) in [4.78, 5) is 51.9. The van der Waals surface area contributed by atoms with Gasteiger partial charge in [-0.2, -0.15) is 0 Å². The van der Waals surface area contributed by atoms with Crippen LogP contribution in [0.25, 0.3) is 0 Å². The van der Waals surface area contributed by atoms with E-state index in [2.05, 4.69) is 5.32 Å². The van der Waals surface area contributed by atoms with E-state index in [9.17, 15) is 24.3 Å². The lowest BCUT2D eigenvalue weighted by Gasteiger charge is -2.28. The normalized spacial score (nSPS) is 19.6. The molecule has 2 aliphatic rings. The Morgan fingerprint density at radius 3 is 2.55 bits per heavy atom. The van der Waals surface area contributed by atoms with Gasteiger partial charge < -0.3 is 15.3 Å². The van der Waals surface area contributed by atoms with Crippen LogP contribution in [-0.2, 0) is 27.3 Å². The maximum atomic E-state index is 12.8. The molecule has 0 bridgehead atoms. The molecule has 168 valence electrons. The molecule has 1 fully saturated rings. The molecule has 2 N–H and O–H groups in total. The predicted molar refractivity (Wildman–Crippen MR) is 114 cm³/mol. The largest absolute Gasteiger partial charge is 0.480 e. The molecule has 0 aromatic heterocycles. The second kappa shape index (κ2) is 9.94. The van der Waals surface area contributed by atoms with Gasteiger partial charge in [0.25, 0.3) is 5.91 Å². The number of amides is 4. The zero-order chi connectivity index (χ0) is 22.5. The summed E-state index contributed by atoms with van der Waals surface area (Å²) in [6, 6.07) is 6.37. The highest BCUT2D eigenvalue weighted by Crippen LogP contribution is 2.30. The number of carbonyl (C=O) groups excluding carboxylic acids is 3. The van der Waals surface area contributed by atoms with E-state index in [4.69, 9.17) is 0 Å². The van der Waals surface area contributed by atoms with Gasteiger partial charge in [0, 0.05) is 25.9 Å². The number of imide groups is 1. The van der Waals surface area contributed by atoms with Crippen molar-refractivity contribution in [1.82, 2.24) is 15.1 Å². The van der Waals surface area contributed by atoms with Gasteiger partial charge in [-0.1, -0.05) is 51.0 Å². The van der Waals surface area contributed by atoms with E-state index in [1.165, 1.54) is 4.90 Å². The molecule has 8 heteroatoms. The summed E-state index contributed by atoms with van der Waals surface area (Å²) in [5.74, 6) is -1.59. The summed E-state index contributed by atoms with van der Waals surface area (Å²) in [5.41, 5.74) is 2.21. The van der Waals surface area contributed by atoms with Crippen LogP contribution in [0.2, 0.25) is 0 Å². The third-order valence-corrected chi connectivity index (χ3v) is 6.36. The van der Waals surface area contributed by atoms with Crippen molar-refractivity contribution < 1.29 is 24.3 Å². The van der Waals surface area contributed by atoms with Crippen LogP contribution in [0.1, 0.15) is 57.1 Å². The summed E-state index contributed by atoms with van der Waals surface area (Å²) in [6.07, 6.45) is 3.32. The molecule has 4 amide bonds. The number of hydrogen-bond donors (Lipinski definition) is 2. The molecule has 1 aromatic carbocycles. The Bertz CT molecular complexity index is 812. The smallest absolute Gasteiger partial charge is 0.327 e. The van der Waals surface area contributed by atoms with Crippen molar-refractivity contribution in [3.05, 3.63) is 35.4 Å². The Labute approximate surface area is 182 Å². The number of benzene rings is 1. The summed E-state index contributed by atoms with van der Waals surface area (Å²) >= 11 is 0. The number of aliphatic carboxylic acids is 1. The number of fused-ring (bicyclic) bond motifs is 2. The third-order valence-electron chi connectivity index (χ3n) is 6.36. The topological polar surface area (TPSA) is 107 Å². The Morgan fingerprint density at radius 1 is 1.16 bits per heavy atom. The van der Waals surface area contributed by atoms with Crippen LogP contribution in [0, 0.1) is 5.92 Å². The summed E-state index contributed by atoms with van der Waals surface area (Å²) in [7, 11) is 0. The molecule has 1 aromatic rings. The Hall–Kier alpha value is -2.90. The lowest BCUT2D eigenvalue weighted by atomic mass is 9.95. The van der Waals surface area contributed by atoms with Crippen LogP contribution >= 0.6 is 0 Å². The van der Waals surface area contributed by atoms with E-state index in [0.29, 0.717) is 45.2 Å². The minimum atomic E-state index is -1.02. The summed E-state index contributed by atoms with van der Waals surface area (Å²) < 4.78 is 0. The number of carboxylic acid groups (broad SMARTS) is 1. The predicted octanol–water partition coefficient (Wildman–Crippen LogP) is 2.55. The van der Waals surface area contributed by atoms with Gasteiger partial charge in [0.2, 0.25) is 5.91 Å². The first-order valence-corrected chi connectivity index (χ1v) is 11.0. The highest BCUT2D eigenvalue weighted by Gasteiger charge is 2.46. The van der Waals surface area contributed by atoms with E-state index in [-0.39, 0.29) is 30.2 Å². The molecule has 0 aliphatic carbocycles. The average molecular weight is 430 g/mol. The number of nitrogens with zero attached hydrogens (tertiary/aromatic N) is 2. The quantitative estimate of drug-likeness (QED) is 0.439. The van der Waals surface area contributed by atoms with Gasteiger partial charge in [-0.25, -0.2) is 9.59 Å². The van der Waals surface area contributed by atoms with E-state index < -0.39 is 18.1 Å². The second-order valence-electron chi connectivity index (χ2n) is 8.47. The standard InChI is InChI=1S/C23H31N3O5/c1-3-15(2)20(22(29)30)24-19(27)11-5-4-8-12-25-21(28)18-13-16-9-6-7-10-17(16)14-26(18)23(25)31/h6-7,9-10,15,18,20H,3-5,8,11-14H2,1-2H3,(H,24,27)(H,29,30). The maximum Gasteiger partial charge on any atom is 0.327 e. The van der Waals surface area contributed by atoms with Crippen LogP contribution in [0.3, 0.4) is 0 Å². The van der Waals surface area contributed by atoms with Crippen molar-refractivity contribution >= 4 is 23.8 Å². The highest BCUT2D eigenvalue weighted by molar-refractivity contribution is 6.04. The van der Waals surface area contributed by atoms with E-state index in [0.717, 1.165) is 11.1 Å². The first kappa shape index (κ1) is 22.8. The SMILES string of the molecule is CCC(C)C(NC(=O)CCCCCN1C(=O)C2Cc3ccccc3CN2C1=O)C(=O)O. The third kappa shape index (κ3) is 5.06. The molecule has 2 aliphatic heterocycles. The van der Waals surface area contributed by atoms with Crippen LogP contribution < -0.4 is 5.32 Å². The number of hydrogen-bond acceptors (Lipinski definition) is 4. The average Bonchev–Trinajstić information content (AvgIpc) is 2.99. The molecule has 2 heterocycles. The Balaban J connectivity index is 1.42. The van der Waals surface area contributed by atoms with E-state index >= 15 is 0 Å². The number of carbonyl (C=O) groups is 4. The fourth-order valence-corrected chi connectivity index (χ4v) is 4.24. The Kier molecular flexibility index (Phi) is 7.30. The molecular formula is C23H31N3O5. The van der Waals surface area contributed by atoms with Crippen LogP contribution in [0.15, 0.2) is 24.3 Å². The lowest BCUT2D eigenvalue weighted by molar-refractivity contribution is -0.143. The summed E-state index contributed by atoms with van der Waals surface area (Å²) in [5, 5.41) is 11.9. The minimum Gasteiger partial charge on any atom is -0.480 e. The molecule has 8 nitrogen and oxygen atoms in total. The fourth-order valence-electron chi connectivity index (χ4n) is 4.24. The van der Waals surface area contributed by atoms with Gasteiger partial charge in [-0.05, 0) is 29.9 Å². The Morgan fingerprint density at radius 2 is 1.87 bits per heavy atom. The molecule has 3 rings (SSSR count). The zero-order valence-electron chi connectivity index (χ0n) is 18.2. The first-order chi connectivity index (χ1) is 14.8. The van der Waals surface area contributed by atoms with Crippen molar-refractivity contribution in [2.75, 3.05) is 6.54 Å². The number of nitrogens with one attached hydrogen (secondary N) is 1. The highest BCUT2D eigenvalue weighted by atomic mass is 16.4. The van der Waals surface area contributed by atoms with Gasteiger partial charge in [0.15, 0.2) is 0 Å². The van der Waals surface area contributed by atoms with Gasteiger partial charge >= 0.3 is 12.0 Å². The number of carboxylic acids is 1. The molecule has 1 saturated heterocycles. The minimum absolute atomic E-state index is 0.140. The van der Waals surface area contributed by atoms with Crippen molar-refractivity contribution in [3.63, 3.8) is 0 Å². The van der Waals surface area contributed by atoms with Crippen LogP contribution in [0.4, 0.5) is 4.79 Å². The van der Waals surface area contributed by atoms with Crippen LogP contribution in [-0.4, -0.2) is 57.3 Å². The molecule has 0 radical (unpaired) electrons. The lowest BCUT2D eigenvalue weighted by Crippen LogP contribution is -2.44.